The number of nitrogens with zero attached hydrogens (tertiary/aromatic N) is 1. The topological polar surface area (TPSA) is 42.0 Å². The van der Waals surface area contributed by atoms with E-state index in [1.165, 1.54) is 23.5 Å². The van der Waals surface area contributed by atoms with Gasteiger partial charge < -0.3 is 5.32 Å². The van der Waals surface area contributed by atoms with E-state index in [9.17, 15) is 9.18 Å². The molecule has 0 unspecified atom stereocenters. The summed E-state index contributed by atoms with van der Waals surface area (Å²) in [5.74, 6) is -0.465. The van der Waals surface area contributed by atoms with Crippen LogP contribution in [0.15, 0.2) is 48.7 Å². The Morgan fingerprint density at radius 3 is 2.95 bits per heavy atom. The van der Waals surface area contributed by atoms with Crippen LogP contribution in [0.5, 0.6) is 0 Å². The molecule has 2 aromatic heterocycles. The minimum absolute atomic E-state index is 0.169. The van der Waals surface area contributed by atoms with Gasteiger partial charge in [0.2, 0.25) is 0 Å². The van der Waals surface area contributed by atoms with E-state index in [0.717, 1.165) is 15.8 Å². The average molecular weight is 286 g/mol. The molecule has 5 heteroatoms. The third kappa shape index (κ3) is 2.67. The molecular formula is C15H11FN2OS. The van der Waals surface area contributed by atoms with Crippen molar-refractivity contribution >= 4 is 27.3 Å². The van der Waals surface area contributed by atoms with Gasteiger partial charge in [-0.2, -0.15) is 0 Å². The van der Waals surface area contributed by atoms with Crippen LogP contribution in [0.3, 0.4) is 0 Å². The van der Waals surface area contributed by atoms with Gasteiger partial charge in [-0.25, -0.2) is 4.39 Å². The molecule has 20 heavy (non-hydrogen) atoms. The minimum Gasteiger partial charge on any atom is -0.346 e. The van der Waals surface area contributed by atoms with Crippen molar-refractivity contribution in [1.82, 2.24) is 10.3 Å². The minimum atomic E-state index is -0.296. The van der Waals surface area contributed by atoms with Crippen molar-refractivity contribution in [3.8, 4) is 0 Å². The van der Waals surface area contributed by atoms with Crippen molar-refractivity contribution in [3.63, 3.8) is 0 Å². The lowest BCUT2D eigenvalue weighted by atomic mass is 10.2. The monoisotopic (exact) mass is 286 g/mol. The molecule has 3 rings (SSSR count). The van der Waals surface area contributed by atoms with Crippen LogP contribution < -0.4 is 5.32 Å². The Labute approximate surface area is 119 Å². The highest BCUT2D eigenvalue weighted by Gasteiger charge is 2.10. The third-order valence-electron chi connectivity index (χ3n) is 2.86. The molecule has 0 fully saturated rings. The van der Waals surface area contributed by atoms with Gasteiger partial charge in [0.15, 0.2) is 0 Å². The SMILES string of the molecule is O=C(NCc1ccccn1)c1cc2cc(F)ccc2s1. The van der Waals surface area contributed by atoms with Gasteiger partial charge in [0, 0.05) is 10.9 Å². The van der Waals surface area contributed by atoms with Crippen LogP contribution in [-0.4, -0.2) is 10.9 Å². The first-order chi connectivity index (χ1) is 9.72. The lowest BCUT2D eigenvalue weighted by molar-refractivity contribution is 0.0954. The van der Waals surface area contributed by atoms with Crippen molar-refractivity contribution in [2.45, 2.75) is 6.54 Å². The van der Waals surface area contributed by atoms with Crippen LogP contribution in [0.1, 0.15) is 15.4 Å². The summed E-state index contributed by atoms with van der Waals surface area (Å²) in [4.78, 5) is 16.8. The molecule has 2 heterocycles. The number of carbonyl (C=O) groups is 1. The van der Waals surface area contributed by atoms with Crippen LogP contribution in [-0.2, 0) is 6.54 Å². The standard InChI is InChI=1S/C15H11FN2OS/c16-11-4-5-13-10(7-11)8-14(20-13)15(19)18-9-12-3-1-2-6-17-12/h1-8H,9H2,(H,18,19). The molecule has 0 atom stereocenters. The zero-order chi connectivity index (χ0) is 13.9. The van der Waals surface area contributed by atoms with Gasteiger partial charge in [-0.3, -0.25) is 9.78 Å². The number of hydrogen-bond donors (Lipinski definition) is 1. The van der Waals surface area contributed by atoms with Crippen molar-refractivity contribution < 1.29 is 9.18 Å². The number of rotatable bonds is 3. The predicted molar refractivity (Wildman–Crippen MR) is 77.2 cm³/mol. The molecule has 0 spiro atoms. The van der Waals surface area contributed by atoms with Crippen molar-refractivity contribution in [1.29, 1.82) is 0 Å². The fourth-order valence-electron chi connectivity index (χ4n) is 1.89. The molecular weight excluding hydrogens is 275 g/mol. The van der Waals surface area contributed by atoms with E-state index in [4.69, 9.17) is 0 Å². The Balaban J connectivity index is 1.75. The fraction of sp³-hybridized carbons (Fsp3) is 0.0667. The van der Waals surface area contributed by atoms with Gasteiger partial charge in [0.1, 0.15) is 5.82 Å². The fourth-order valence-corrected chi connectivity index (χ4v) is 2.85. The summed E-state index contributed by atoms with van der Waals surface area (Å²) < 4.78 is 14.0. The van der Waals surface area contributed by atoms with Gasteiger partial charge in [-0.15, -0.1) is 11.3 Å². The number of thiophene rings is 1. The van der Waals surface area contributed by atoms with Crippen LogP contribution in [0, 0.1) is 5.82 Å². The molecule has 0 aliphatic rings. The molecule has 3 nitrogen and oxygen atoms in total. The molecule has 0 radical (unpaired) electrons. The smallest absolute Gasteiger partial charge is 0.261 e. The van der Waals surface area contributed by atoms with E-state index >= 15 is 0 Å². The van der Waals surface area contributed by atoms with Crippen LogP contribution in [0.2, 0.25) is 0 Å². The number of aromatic nitrogens is 1. The number of hydrogen-bond acceptors (Lipinski definition) is 3. The number of benzene rings is 1. The normalized spacial score (nSPS) is 10.7. The van der Waals surface area contributed by atoms with E-state index < -0.39 is 0 Å². The van der Waals surface area contributed by atoms with Gasteiger partial charge in [0.25, 0.3) is 5.91 Å². The quantitative estimate of drug-likeness (QED) is 0.802. The number of nitrogens with one attached hydrogen (secondary N) is 1. The number of carbonyl (C=O) groups excluding carboxylic acids is 1. The summed E-state index contributed by atoms with van der Waals surface area (Å²) in [6.45, 7) is 0.377. The maximum Gasteiger partial charge on any atom is 0.261 e. The summed E-state index contributed by atoms with van der Waals surface area (Å²) in [5.41, 5.74) is 0.799. The van der Waals surface area contributed by atoms with E-state index in [-0.39, 0.29) is 11.7 Å². The number of fused-ring (bicyclic) bond motifs is 1. The molecule has 100 valence electrons. The highest BCUT2D eigenvalue weighted by Crippen LogP contribution is 2.26. The highest BCUT2D eigenvalue weighted by molar-refractivity contribution is 7.20. The van der Waals surface area contributed by atoms with Crippen LogP contribution >= 0.6 is 11.3 Å². The molecule has 1 aromatic carbocycles. The Morgan fingerprint density at radius 1 is 1.25 bits per heavy atom. The van der Waals surface area contributed by atoms with Gasteiger partial charge in [0.05, 0.1) is 17.1 Å². The summed E-state index contributed by atoms with van der Waals surface area (Å²) in [7, 11) is 0. The predicted octanol–water partition coefficient (Wildman–Crippen LogP) is 3.37. The maximum absolute atomic E-state index is 13.1. The average Bonchev–Trinajstić information content (AvgIpc) is 2.89. The molecule has 3 aromatic rings. The Bertz CT molecular complexity index is 755. The second-order valence-electron chi connectivity index (χ2n) is 4.30. The third-order valence-corrected chi connectivity index (χ3v) is 3.97. The maximum atomic E-state index is 13.1. The molecule has 0 bridgehead atoms. The molecule has 1 N–H and O–H groups in total. The van der Waals surface area contributed by atoms with E-state index in [2.05, 4.69) is 10.3 Å². The summed E-state index contributed by atoms with van der Waals surface area (Å²) in [6.07, 6.45) is 1.68. The molecule has 0 saturated carbocycles. The second kappa shape index (κ2) is 5.38. The Hall–Kier alpha value is -2.27. The first-order valence-corrected chi connectivity index (χ1v) is 6.91. The Morgan fingerprint density at radius 2 is 2.15 bits per heavy atom. The number of halogens is 1. The zero-order valence-electron chi connectivity index (χ0n) is 10.5. The van der Waals surface area contributed by atoms with E-state index in [1.807, 2.05) is 18.2 Å². The second-order valence-corrected chi connectivity index (χ2v) is 5.38. The summed E-state index contributed by atoms with van der Waals surface area (Å²) >= 11 is 1.35. The molecule has 0 saturated heterocycles. The van der Waals surface area contributed by atoms with Crippen molar-refractivity contribution in [2.24, 2.45) is 0 Å². The molecule has 0 aliphatic carbocycles. The van der Waals surface area contributed by atoms with Gasteiger partial charge in [-0.1, -0.05) is 6.07 Å². The molecule has 0 aliphatic heterocycles. The zero-order valence-corrected chi connectivity index (χ0v) is 11.3. The van der Waals surface area contributed by atoms with E-state index in [1.54, 1.807) is 18.3 Å². The first kappa shape index (κ1) is 12.7. The summed E-state index contributed by atoms with van der Waals surface area (Å²) in [6, 6.07) is 11.8. The van der Waals surface area contributed by atoms with Gasteiger partial charge >= 0.3 is 0 Å². The largest absolute Gasteiger partial charge is 0.346 e. The molecule has 1 amide bonds. The highest BCUT2D eigenvalue weighted by atomic mass is 32.1. The van der Waals surface area contributed by atoms with E-state index in [0.29, 0.717) is 11.4 Å². The number of amides is 1. The first-order valence-electron chi connectivity index (χ1n) is 6.09. The van der Waals surface area contributed by atoms with Crippen LogP contribution in [0.25, 0.3) is 10.1 Å². The van der Waals surface area contributed by atoms with Crippen molar-refractivity contribution in [2.75, 3.05) is 0 Å². The van der Waals surface area contributed by atoms with Crippen molar-refractivity contribution in [3.05, 3.63) is 65.0 Å². The van der Waals surface area contributed by atoms with Crippen LogP contribution in [0.4, 0.5) is 4.39 Å². The lowest BCUT2D eigenvalue weighted by Crippen LogP contribution is -2.22. The lowest BCUT2D eigenvalue weighted by Gasteiger charge is -2.02. The summed E-state index contributed by atoms with van der Waals surface area (Å²) in [5, 5.41) is 3.55. The number of pyridine rings is 1. The van der Waals surface area contributed by atoms with Gasteiger partial charge in [-0.05, 0) is 41.8 Å². The Kier molecular flexibility index (Phi) is 3.43.